The van der Waals surface area contributed by atoms with E-state index in [1.165, 1.54) is 23.9 Å². The molecule has 0 unspecified atom stereocenters. The monoisotopic (exact) mass is 460 g/mol. The number of carboxylic acid groups (broad SMARTS) is 1. The number of nitrogens with one attached hydrogen (secondary N) is 1. The van der Waals surface area contributed by atoms with Crippen molar-refractivity contribution < 1.29 is 19.8 Å². The Morgan fingerprint density at radius 3 is 2.45 bits per heavy atom. The summed E-state index contributed by atoms with van der Waals surface area (Å²) >= 11 is 1.20. The zero-order chi connectivity index (χ0) is 23.2. The molecule has 0 radical (unpaired) electrons. The predicted molar refractivity (Wildman–Crippen MR) is 125 cm³/mol. The van der Waals surface area contributed by atoms with Crippen molar-refractivity contribution in [2.75, 3.05) is 11.1 Å². The Morgan fingerprint density at radius 1 is 0.939 bits per heavy atom. The lowest BCUT2D eigenvalue weighted by Gasteiger charge is -2.11. The van der Waals surface area contributed by atoms with Gasteiger partial charge in [0.05, 0.1) is 23.4 Å². The molecule has 0 atom stereocenters. The largest absolute Gasteiger partial charge is 0.507 e. The maximum Gasteiger partial charge on any atom is 0.335 e. The van der Waals surface area contributed by atoms with Crippen LogP contribution in [-0.2, 0) is 11.3 Å². The summed E-state index contributed by atoms with van der Waals surface area (Å²) in [7, 11) is 0. The fraction of sp³-hybridized carbons (Fsp3) is 0.0833. The van der Waals surface area contributed by atoms with Crippen molar-refractivity contribution >= 4 is 29.3 Å². The van der Waals surface area contributed by atoms with Gasteiger partial charge in [0.25, 0.3) is 0 Å². The van der Waals surface area contributed by atoms with Crippen molar-refractivity contribution in [1.29, 1.82) is 0 Å². The number of para-hydroxylation sites is 1. The second kappa shape index (κ2) is 10.0. The van der Waals surface area contributed by atoms with E-state index >= 15 is 0 Å². The smallest absolute Gasteiger partial charge is 0.335 e. The van der Waals surface area contributed by atoms with E-state index in [-0.39, 0.29) is 23.0 Å². The van der Waals surface area contributed by atoms with E-state index in [1.807, 2.05) is 41.0 Å². The minimum absolute atomic E-state index is 0.0466. The van der Waals surface area contributed by atoms with Crippen LogP contribution in [0, 0.1) is 0 Å². The first-order valence-electron chi connectivity index (χ1n) is 10.0. The fourth-order valence-electron chi connectivity index (χ4n) is 3.22. The third-order valence-corrected chi connectivity index (χ3v) is 5.74. The van der Waals surface area contributed by atoms with Crippen LogP contribution >= 0.6 is 11.8 Å². The minimum atomic E-state index is -1.06. The number of aromatic hydroxyl groups is 1. The van der Waals surface area contributed by atoms with Crippen LogP contribution in [0.3, 0.4) is 0 Å². The molecule has 0 aliphatic heterocycles. The van der Waals surface area contributed by atoms with Crippen molar-refractivity contribution in [2.45, 2.75) is 11.7 Å². The molecule has 166 valence electrons. The van der Waals surface area contributed by atoms with Crippen molar-refractivity contribution in [2.24, 2.45) is 0 Å². The zero-order valence-corrected chi connectivity index (χ0v) is 18.2. The topological polar surface area (TPSA) is 117 Å². The zero-order valence-electron chi connectivity index (χ0n) is 17.4. The number of phenols is 1. The number of nitrogens with zero attached hydrogens (tertiary/aromatic N) is 3. The van der Waals surface area contributed by atoms with Crippen LogP contribution < -0.4 is 5.32 Å². The molecule has 0 spiro atoms. The summed E-state index contributed by atoms with van der Waals surface area (Å²) in [6.45, 7) is 0.460. The van der Waals surface area contributed by atoms with Gasteiger partial charge >= 0.3 is 5.97 Å². The lowest BCUT2D eigenvalue weighted by Crippen LogP contribution is -2.15. The van der Waals surface area contributed by atoms with E-state index in [1.54, 1.807) is 30.3 Å². The van der Waals surface area contributed by atoms with E-state index in [9.17, 15) is 14.7 Å². The Balaban J connectivity index is 1.54. The van der Waals surface area contributed by atoms with E-state index in [2.05, 4.69) is 15.5 Å². The van der Waals surface area contributed by atoms with Crippen molar-refractivity contribution in [1.82, 2.24) is 14.8 Å². The van der Waals surface area contributed by atoms with Crippen molar-refractivity contribution in [3.63, 3.8) is 0 Å². The number of phenolic OH excluding ortho intramolecular Hbond substituents is 1. The first kappa shape index (κ1) is 22.1. The Kier molecular flexibility index (Phi) is 6.70. The van der Waals surface area contributed by atoms with Gasteiger partial charge < -0.3 is 15.5 Å². The summed E-state index contributed by atoms with van der Waals surface area (Å²) in [5.41, 5.74) is 2.06. The Bertz CT molecular complexity index is 1290. The Hall–Kier alpha value is -4.11. The van der Waals surface area contributed by atoms with Gasteiger partial charge in [-0.05, 0) is 35.9 Å². The molecule has 1 aromatic heterocycles. The number of aromatic nitrogens is 3. The van der Waals surface area contributed by atoms with Gasteiger partial charge in [-0.15, -0.1) is 10.2 Å². The van der Waals surface area contributed by atoms with E-state index < -0.39 is 5.97 Å². The minimum Gasteiger partial charge on any atom is -0.507 e. The van der Waals surface area contributed by atoms with Crippen molar-refractivity contribution in [3.05, 3.63) is 90.0 Å². The summed E-state index contributed by atoms with van der Waals surface area (Å²) in [6.07, 6.45) is 0. The van der Waals surface area contributed by atoms with Gasteiger partial charge in [-0.2, -0.15) is 0 Å². The molecule has 3 N–H and O–H groups in total. The number of thioether (sulfide) groups is 1. The van der Waals surface area contributed by atoms with Crippen molar-refractivity contribution in [3.8, 4) is 17.1 Å². The second-order valence-corrected chi connectivity index (χ2v) is 8.06. The van der Waals surface area contributed by atoms with Crippen LogP contribution in [0.15, 0.2) is 84.0 Å². The molecule has 1 amide bonds. The number of hydrogen-bond acceptors (Lipinski definition) is 6. The van der Waals surface area contributed by atoms with Crippen LogP contribution in [0.2, 0.25) is 0 Å². The lowest BCUT2D eigenvalue weighted by molar-refractivity contribution is -0.113. The molecule has 0 saturated carbocycles. The van der Waals surface area contributed by atoms with Gasteiger partial charge in [-0.1, -0.05) is 60.3 Å². The number of carbonyl (C=O) groups is 2. The van der Waals surface area contributed by atoms with Gasteiger partial charge in [0.15, 0.2) is 11.0 Å². The van der Waals surface area contributed by atoms with E-state index in [0.29, 0.717) is 28.8 Å². The van der Waals surface area contributed by atoms with Gasteiger partial charge in [0.1, 0.15) is 5.75 Å². The maximum absolute atomic E-state index is 12.5. The number of carbonyl (C=O) groups excluding carboxylic acids is 1. The number of amides is 1. The summed E-state index contributed by atoms with van der Waals surface area (Å²) in [4.78, 5) is 23.6. The summed E-state index contributed by atoms with van der Waals surface area (Å²) in [5, 5.41) is 31.2. The van der Waals surface area contributed by atoms with E-state index in [4.69, 9.17) is 5.11 Å². The molecule has 4 rings (SSSR count). The molecule has 1 heterocycles. The molecule has 9 heteroatoms. The average molecular weight is 461 g/mol. The summed E-state index contributed by atoms with van der Waals surface area (Å²) in [5.74, 6) is -0.738. The highest BCUT2D eigenvalue weighted by Crippen LogP contribution is 2.30. The maximum atomic E-state index is 12.5. The number of aromatic carboxylic acids is 1. The molecule has 0 fully saturated rings. The molecule has 3 aromatic carbocycles. The number of benzene rings is 3. The molecule has 8 nitrogen and oxygen atoms in total. The van der Waals surface area contributed by atoms with Crippen LogP contribution in [0.1, 0.15) is 15.9 Å². The number of anilines is 1. The SMILES string of the molecule is O=C(CSc1nnc(-c2ccccc2O)n1Cc1ccccc1)Nc1cccc(C(=O)O)c1. The number of carboxylic acids is 1. The number of rotatable bonds is 8. The third kappa shape index (κ3) is 5.39. The highest BCUT2D eigenvalue weighted by atomic mass is 32.2. The second-order valence-electron chi connectivity index (χ2n) is 7.12. The summed E-state index contributed by atoms with van der Waals surface area (Å²) in [6, 6.07) is 22.7. The lowest BCUT2D eigenvalue weighted by atomic mass is 10.1. The van der Waals surface area contributed by atoms with Gasteiger partial charge in [0, 0.05) is 5.69 Å². The van der Waals surface area contributed by atoms with Crippen LogP contribution in [0.4, 0.5) is 5.69 Å². The molecular formula is C24H20N4O4S. The highest BCUT2D eigenvalue weighted by molar-refractivity contribution is 7.99. The standard InChI is InChI=1S/C24H20N4O4S/c29-20-12-5-4-11-19(20)22-26-27-24(28(22)14-16-7-2-1-3-8-16)33-15-21(30)25-18-10-6-9-17(13-18)23(31)32/h1-13,29H,14-15H2,(H,25,30)(H,31,32). The molecule has 4 aromatic rings. The Labute approximate surface area is 193 Å². The fourth-order valence-corrected chi connectivity index (χ4v) is 3.96. The molecule has 33 heavy (non-hydrogen) atoms. The highest BCUT2D eigenvalue weighted by Gasteiger charge is 2.18. The molecule has 0 bridgehead atoms. The first-order valence-corrected chi connectivity index (χ1v) is 11.0. The van der Waals surface area contributed by atoms with Gasteiger partial charge in [0.2, 0.25) is 5.91 Å². The van der Waals surface area contributed by atoms with Crippen LogP contribution in [-0.4, -0.2) is 42.6 Å². The molecule has 0 aliphatic carbocycles. The van der Waals surface area contributed by atoms with Crippen LogP contribution in [0.25, 0.3) is 11.4 Å². The van der Waals surface area contributed by atoms with Gasteiger partial charge in [-0.3, -0.25) is 9.36 Å². The van der Waals surface area contributed by atoms with E-state index in [0.717, 1.165) is 5.56 Å². The number of hydrogen-bond donors (Lipinski definition) is 3. The normalized spacial score (nSPS) is 10.7. The van der Waals surface area contributed by atoms with Crippen LogP contribution in [0.5, 0.6) is 5.75 Å². The molecule has 0 saturated heterocycles. The average Bonchev–Trinajstić information content (AvgIpc) is 3.21. The molecular weight excluding hydrogens is 440 g/mol. The first-order chi connectivity index (χ1) is 16.0. The summed E-state index contributed by atoms with van der Waals surface area (Å²) < 4.78 is 1.85. The third-order valence-electron chi connectivity index (χ3n) is 4.77. The quantitative estimate of drug-likeness (QED) is 0.339. The Morgan fingerprint density at radius 2 is 1.70 bits per heavy atom. The molecule has 0 aliphatic rings. The van der Waals surface area contributed by atoms with Gasteiger partial charge in [-0.25, -0.2) is 4.79 Å². The predicted octanol–water partition coefficient (Wildman–Crippen LogP) is 4.13.